The van der Waals surface area contributed by atoms with E-state index in [1.54, 1.807) is 18.2 Å². The lowest BCUT2D eigenvalue weighted by atomic mass is 10.2. The van der Waals surface area contributed by atoms with Crippen LogP contribution in [-0.2, 0) is 0 Å². The normalized spacial score (nSPS) is 13.9. The molecular formula is C23H25Cl2N7O2. The van der Waals surface area contributed by atoms with Crippen molar-refractivity contribution >= 4 is 57.9 Å². The lowest BCUT2D eigenvalue weighted by molar-refractivity contribution is 0.262. The minimum atomic E-state index is -0.557. The Labute approximate surface area is 208 Å². The van der Waals surface area contributed by atoms with Crippen LogP contribution in [0.2, 0.25) is 10.0 Å². The van der Waals surface area contributed by atoms with Gasteiger partial charge < -0.3 is 25.2 Å². The Bertz CT molecular complexity index is 1150. The first-order valence-electron chi connectivity index (χ1n) is 10.7. The zero-order valence-electron chi connectivity index (χ0n) is 18.8. The topological polar surface area (TPSA) is 94.6 Å². The highest BCUT2D eigenvalue weighted by atomic mass is 35.5. The smallest absolute Gasteiger partial charge is 0.324 e. The van der Waals surface area contributed by atoms with Gasteiger partial charge in [-0.15, -0.1) is 0 Å². The number of halogens is 2. The maximum atomic E-state index is 12.5. The van der Waals surface area contributed by atoms with Crippen LogP contribution in [0.1, 0.15) is 0 Å². The molecule has 2 aromatic carbocycles. The summed E-state index contributed by atoms with van der Waals surface area (Å²) in [5, 5.41) is 9.00. The highest BCUT2D eigenvalue weighted by Gasteiger charge is 2.16. The number of carbonyl (C=O) groups is 1. The van der Waals surface area contributed by atoms with Gasteiger partial charge in [-0.25, -0.2) is 14.8 Å². The number of amides is 2. The molecule has 1 aliphatic heterocycles. The maximum absolute atomic E-state index is 12.5. The summed E-state index contributed by atoms with van der Waals surface area (Å²) in [4.78, 5) is 25.5. The van der Waals surface area contributed by atoms with Crippen LogP contribution in [0.4, 0.5) is 33.5 Å². The molecule has 0 unspecified atom stereocenters. The first kappa shape index (κ1) is 23.9. The molecule has 178 valence electrons. The van der Waals surface area contributed by atoms with E-state index in [9.17, 15) is 4.79 Å². The van der Waals surface area contributed by atoms with Crippen LogP contribution >= 0.6 is 23.2 Å². The fraction of sp³-hybridized carbons (Fsp3) is 0.261. The molecule has 4 rings (SSSR count). The third kappa shape index (κ3) is 5.80. The van der Waals surface area contributed by atoms with Crippen molar-refractivity contribution in [3.8, 4) is 5.75 Å². The highest BCUT2D eigenvalue weighted by Crippen LogP contribution is 2.37. The van der Waals surface area contributed by atoms with Gasteiger partial charge in [0, 0.05) is 43.6 Å². The van der Waals surface area contributed by atoms with E-state index < -0.39 is 6.03 Å². The first-order chi connectivity index (χ1) is 16.4. The predicted molar refractivity (Wildman–Crippen MR) is 137 cm³/mol. The summed E-state index contributed by atoms with van der Waals surface area (Å²) in [6.45, 7) is 4.14. The van der Waals surface area contributed by atoms with Gasteiger partial charge in [0.25, 0.3) is 0 Å². The lowest BCUT2D eigenvalue weighted by Crippen LogP contribution is -2.44. The molecule has 2 heterocycles. The second-order valence-corrected chi connectivity index (χ2v) is 8.55. The Morgan fingerprint density at radius 3 is 2.38 bits per heavy atom. The number of nitrogens with one attached hydrogen (secondary N) is 3. The summed E-state index contributed by atoms with van der Waals surface area (Å²) in [5.41, 5.74) is 2.31. The average Bonchev–Trinajstić information content (AvgIpc) is 2.83. The van der Waals surface area contributed by atoms with Gasteiger partial charge in [-0.05, 0) is 43.4 Å². The molecule has 1 aromatic heterocycles. The standard InChI is InChI=1S/C23H25Cl2N7O2/c1-31-9-11-32(12-10-31)16-5-3-15(4-6-16)28-19-13-20(27-14-26-19)29-23(33)30-22-17(24)7-8-18(34-2)21(22)25/h3-8,13-14H,9-12H2,1-2H3,(H3,26,27,28,29,30,33). The number of rotatable bonds is 6. The van der Waals surface area contributed by atoms with Crippen LogP contribution in [-0.4, -0.2) is 61.2 Å². The van der Waals surface area contributed by atoms with Crippen LogP contribution in [0.5, 0.6) is 5.75 Å². The molecular weight excluding hydrogens is 477 g/mol. The molecule has 1 saturated heterocycles. The van der Waals surface area contributed by atoms with E-state index in [2.05, 4.69) is 54.9 Å². The number of aromatic nitrogens is 2. The molecule has 0 saturated carbocycles. The Kier molecular flexibility index (Phi) is 7.56. The number of methoxy groups -OCH3 is 1. The Morgan fingerprint density at radius 2 is 1.68 bits per heavy atom. The molecule has 0 spiro atoms. The molecule has 2 amide bonds. The summed E-state index contributed by atoms with van der Waals surface area (Å²) >= 11 is 12.4. The number of hydrogen-bond acceptors (Lipinski definition) is 7. The molecule has 1 fully saturated rings. The van der Waals surface area contributed by atoms with Crippen LogP contribution in [0.3, 0.4) is 0 Å². The van der Waals surface area contributed by atoms with E-state index in [-0.39, 0.29) is 15.7 Å². The maximum Gasteiger partial charge on any atom is 0.324 e. The molecule has 9 nitrogen and oxygen atoms in total. The Morgan fingerprint density at radius 1 is 0.971 bits per heavy atom. The zero-order valence-corrected chi connectivity index (χ0v) is 20.3. The molecule has 0 aliphatic carbocycles. The van der Waals surface area contributed by atoms with E-state index in [1.807, 2.05) is 12.1 Å². The van der Waals surface area contributed by atoms with E-state index in [1.165, 1.54) is 19.1 Å². The summed E-state index contributed by atoms with van der Waals surface area (Å²) in [7, 11) is 3.62. The number of hydrogen-bond donors (Lipinski definition) is 3. The third-order valence-electron chi connectivity index (χ3n) is 5.43. The van der Waals surface area contributed by atoms with Gasteiger partial charge in [0.05, 0.1) is 17.8 Å². The number of carbonyl (C=O) groups excluding carboxylic acids is 1. The molecule has 1 aliphatic rings. The van der Waals surface area contributed by atoms with Crippen molar-refractivity contribution in [2.24, 2.45) is 0 Å². The van der Waals surface area contributed by atoms with Crippen LogP contribution in [0, 0.1) is 0 Å². The number of nitrogens with zero attached hydrogens (tertiary/aromatic N) is 4. The second-order valence-electron chi connectivity index (χ2n) is 7.77. The van der Waals surface area contributed by atoms with Crippen molar-refractivity contribution in [1.29, 1.82) is 0 Å². The van der Waals surface area contributed by atoms with E-state index in [4.69, 9.17) is 27.9 Å². The van der Waals surface area contributed by atoms with Gasteiger partial charge in [0.2, 0.25) is 0 Å². The summed E-state index contributed by atoms with van der Waals surface area (Å²) in [6.07, 6.45) is 1.36. The third-order valence-corrected chi connectivity index (χ3v) is 6.12. The van der Waals surface area contributed by atoms with Crippen molar-refractivity contribution in [2.45, 2.75) is 0 Å². The number of likely N-dealkylation sites (N-methyl/N-ethyl adjacent to an activating group) is 1. The van der Waals surface area contributed by atoms with Crippen molar-refractivity contribution < 1.29 is 9.53 Å². The van der Waals surface area contributed by atoms with Gasteiger partial charge >= 0.3 is 6.03 Å². The summed E-state index contributed by atoms with van der Waals surface area (Å²) in [6, 6.07) is 12.5. The monoisotopic (exact) mass is 501 g/mol. The van der Waals surface area contributed by atoms with Crippen molar-refractivity contribution in [1.82, 2.24) is 14.9 Å². The fourth-order valence-corrected chi connectivity index (χ4v) is 4.07. The summed E-state index contributed by atoms with van der Waals surface area (Å²) in [5.74, 6) is 1.24. The highest BCUT2D eigenvalue weighted by molar-refractivity contribution is 6.40. The number of piperazine rings is 1. The van der Waals surface area contributed by atoms with E-state index >= 15 is 0 Å². The molecule has 0 atom stereocenters. The van der Waals surface area contributed by atoms with Gasteiger partial charge in [0.15, 0.2) is 0 Å². The molecule has 3 N–H and O–H groups in total. The largest absolute Gasteiger partial charge is 0.495 e. The minimum Gasteiger partial charge on any atom is -0.495 e. The molecule has 0 radical (unpaired) electrons. The Hall–Kier alpha value is -3.27. The molecule has 0 bridgehead atoms. The fourth-order valence-electron chi connectivity index (χ4n) is 3.53. The van der Waals surface area contributed by atoms with Crippen LogP contribution in [0.25, 0.3) is 0 Å². The van der Waals surface area contributed by atoms with E-state index in [0.717, 1.165) is 31.9 Å². The van der Waals surface area contributed by atoms with Gasteiger partial charge in [-0.1, -0.05) is 23.2 Å². The lowest BCUT2D eigenvalue weighted by Gasteiger charge is -2.34. The molecule has 11 heteroatoms. The number of benzene rings is 2. The van der Waals surface area contributed by atoms with Crippen LogP contribution in [0.15, 0.2) is 48.8 Å². The summed E-state index contributed by atoms with van der Waals surface area (Å²) < 4.78 is 5.16. The number of urea groups is 1. The first-order valence-corrected chi connectivity index (χ1v) is 11.4. The van der Waals surface area contributed by atoms with Gasteiger partial charge in [0.1, 0.15) is 28.7 Å². The SMILES string of the molecule is COc1ccc(Cl)c(NC(=O)Nc2cc(Nc3ccc(N4CCN(C)CC4)cc3)ncn2)c1Cl. The van der Waals surface area contributed by atoms with Crippen molar-refractivity contribution in [3.05, 3.63) is 58.8 Å². The van der Waals surface area contributed by atoms with Crippen LogP contribution < -0.4 is 25.6 Å². The Balaban J connectivity index is 1.38. The minimum absolute atomic E-state index is 0.204. The second kappa shape index (κ2) is 10.8. The van der Waals surface area contributed by atoms with Gasteiger partial charge in [-0.3, -0.25) is 5.32 Å². The number of ether oxygens (including phenoxy) is 1. The predicted octanol–water partition coefficient (Wildman–Crippen LogP) is 4.93. The quantitative estimate of drug-likeness (QED) is 0.440. The molecule has 34 heavy (non-hydrogen) atoms. The van der Waals surface area contributed by atoms with Crippen molar-refractivity contribution in [3.63, 3.8) is 0 Å². The zero-order chi connectivity index (χ0) is 24.1. The average molecular weight is 502 g/mol. The van der Waals surface area contributed by atoms with E-state index in [0.29, 0.717) is 17.4 Å². The number of anilines is 5. The van der Waals surface area contributed by atoms with Crippen molar-refractivity contribution in [2.75, 3.05) is 61.2 Å². The molecule has 3 aromatic rings. The van der Waals surface area contributed by atoms with Gasteiger partial charge in [-0.2, -0.15) is 0 Å².